The third-order valence-corrected chi connectivity index (χ3v) is 3.30. The van der Waals surface area contributed by atoms with Crippen molar-refractivity contribution in [1.29, 1.82) is 0 Å². The molecule has 0 aliphatic heterocycles. The quantitative estimate of drug-likeness (QED) is 0.790. The molecule has 1 aromatic carbocycles. The Morgan fingerprint density at radius 3 is 3.00 bits per heavy atom. The van der Waals surface area contributed by atoms with Gasteiger partial charge in [0, 0.05) is 18.8 Å². The predicted molar refractivity (Wildman–Crippen MR) is 74.8 cm³/mol. The molecule has 19 heavy (non-hydrogen) atoms. The smallest absolute Gasteiger partial charge is 0.127 e. The van der Waals surface area contributed by atoms with Crippen LogP contribution < -0.4 is 10.1 Å². The van der Waals surface area contributed by atoms with Gasteiger partial charge in [-0.1, -0.05) is 6.92 Å². The Morgan fingerprint density at radius 1 is 1.37 bits per heavy atom. The summed E-state index contributed by atoms with van der Waals surface area (Å²) in [6.45, 7) is 4.11. The summed E-state index contributed by atoms with van der Waals surface area (Å²) in [6, 6.07) is 4.80. The van der Waals surface area contributed by atoms with Crippen LogP contribution in [-0.2, 0) is 13.2 Å². The molecule has 0 aliphatic carbocycles. The predicted octanol–water partition coefficient (Wildman–Crippen LogP) is 3.36. The number of benzene rings is 1. The van der Waals surface area contributed by atoms with Crippen LogP contribution in [0.15, 0.2) is 29.9 Å². The Labute approximate surface area is 116 Å². The third kappa shape index (κ3) is 4.61. The first-order valence-corrected chi connectivity index (χ1v) is 7.16. The SMILES string of the molecule is CCCNCc1cc(F)cc(OCc2cncs2)c1. The number of hydrogen-bond donors (Lipinski definition) is 1. The summed E-state index contributed by atoms with van der Waals surface area (Å²) in [7, 11) is 0. The van der Waals surface area contributed by atoms with Crippen molar-refractivity contribution in [2.75, 3.05) is 6.54 Å². The van der Waals surface area contributed by atoms with Crippen LogP contribution in [0, 0.1) is 5.82 Å². The third-order valence-electron chi connectivity index (χ3n) is 2.55. The average Bonchev–Trinajstić information content (AvgIpc) is 2.89. The lowest BCUT2D eigenvalue weighted by Crippen LogP contribution is -2.14. The van der Waals surface area contributed by atoms with E-state index in [4.69, 9.17) is 4.74 Å². The van der Waals surface area contributed by atoms with Crippen LogP contribution in [0.25, 0.3) is 0 Å². The second-order valence-electron chi connectivity index (χ2n) is 4.23. The first-order chi connectivity index (χ1) is 9.28. The first-order valence-electron chi connectivity index (χ1n) is 6.28. The number of nitrogens with zero attached hydrogens (tertiary/aromatic N) is 1. The minimum Gasteiger partial charge on any atom is -0.488 e. The molecule has 0 atom stereocenters. The van der Waals surface area contributed by atoms with Gasteiger partial charge in [-0.15, -0.1) is 11.3 Å². The molecule has 5 heteroatoms. The summed E-state index contributed by atoms with van der Waals surface area (Å²) in [5.41, 5.74) is 2.65. The maximum absolute atomic E-state index is 13.5. The molecule has 0 unspecified atom stereocenters. The highest BCUT2D eigenvalue weighted by Crippen LogP contribution is 2.18. The fourth-order valence-electron chi connectivity index (χ4n) is 1.68. The van der Waals surface area contributed by atoms with Crippen LogP contribution in [0.1, 0.15) is 23.8 Å². The lowest BCUT2D eigenvalue weighted by Gasteiger charge is -2.08. The number of ether oxygens (including phenoxy) is 1. The fourth-order valence-corrected chi connectivity index (χ4v) is 2.19. The van der Waals surface area contributed by atoms with Crippen molar-refractivity contribution in [2.45, 2.75) is 26.5 Å². The van der Waals surface area contributed by atoms with Gasteiger partial charge in [-0.3, -0.25) is 4.98 Å². The Kier molecular flexibility index (Phi) is 5.30. The highest BCUT2D eigenvalue weighted by Gasteiger charge is 2.03. The van der Waals surface area contributed by atoms with E-state index in [1.165, 1.54) is 23.5 Å². The molecule has 3 nitrogen and oxygen atoms in total. The zero-order valence-corrected chi connectivity index (χ0v) is 11.7. The molecule has 1 heterocycles. The fraction of sp³-hybridized carbons (Fsp3) is 0.357. The summed E-state index contributed by atoms with van der Waals surface area (Å²) in [5.74, 6) is 0.289. The average molecular weight is 280 g/mol. The van der Waals surface area contributed by atoms with E-state index < -0.39 is 0 Å². The molecule has 0 amide bonds. The molecule has 102 valence electrons. The highest BCUT2D eigenvalue weighted by atomic mass is 32.1. The van der Waals surface area contributed by atoms with Crippen molar-refractivity contribution in [2.24, 2.45) is 0 Å². The molecular formula is C14H17FN2OS. The molecule has 0 spiro atoms. The van der Waals surface area contributed by atoms with Gasteiger partial charge in [0.2, 0.25) is 0 Å². The summed E-state index contributed by atoms with van der Waals surface area (Å²) >= 11 is 1.53. The second kappa shape index (κ2) is 7.21. The minimum absolute atomic E-state index is 0.268. The number of halogens is 1. The summed E-state index contributed by atoms with van der Waals surface area (Å²) in [5, 5.41) is 3.25. The monoisotopic (exact) mass is 280 g/mol. The lowest BCUT2D eigenvalue weighted by atomic mass is 10.2. The maximum Gasteiger partial charge on any atom is 0.127 e. The molecule has 0 saturated carbocycles. The van der Waals surface area contributed by atoms with Gasteiger partial charge in [0.05, 0.1) is 10.4 Å². The van der Waals surface area contributed by atoms with Crippen LogP contribution in [0.3, 0.4) is 0 Å². The maximum atomic E-state index is 13.5. The van der Waals surface area contributed by atoms with E-state index in [0.29, 0.717) is 18.9 Å². The Morgan fingerprint density at radius 2 is 2.26 bits per heavy atom. The van der Waals surface area contributed by atoms with Gasteiger partial charge in [-0.05, 0) is 30.7 Å². The van der Waals surface area contributed by atoms with Crippen molar-refractivity contribution in [3.05, 3.63) is 46.2 Å². The molecule has 0 radical (unpaired) electrons. The zero-order chi connectivity index (χ0) is 13.5. The molecule has 2 rings (SSSR count). The van der Waals surface area contributed by atoms with Crippen molar-refractivity contribution >= 4 is 11.3 Å². The van der Waals surface area contributed by atoms with Crippen molar-refractivity contribution in [1.82, 2.24) is 10.3 Å². The Bertz CT molecular complexity index is 502. The molecular weight excluding hydrogens is 263 g/mol. The van der Waals surface area contributed by atoms with E-state index in [1.54, 1.807) is 11.7 Å². The van der Waals surface area contributed by atoms with Crippen molar-refractivity contribution in [3.63, 3.8) is 0 Å². The minimum atomic E-state index is -0.268. The zero-order valence-electron chi connectivity index (χ0n) is 10.9. The van der Waals surface area contributed by atoms with Crippen LogP contribution >= 0.6 is 11.3 Å². The molecule has 0 aliphatic rings. The van der Waals surface area contributed by atoms with Crippen LogP contribution in [-0.4, -0.2) is 11.5 Å². The van der Waals surface area contributed by atoms with E-state index in [1.807, 2.05) is 6.07 Å². The van der Waals surface area contributed by atoms with Crippen LogP contribution in [0.5, 0.6) is 5.75 Å². The topological polar surface area (TPSA) is 34.1 Å². The largest absolute Gasteiger partial charge is 0.488 e. The van der Waals surface area contributed by atoms with Crippen LogP contribution in [0.4, 0.5) is 4.39 Å². The van der Waals surface area contributed by atoms with E-state index in [2.05, 4.69) is 17.2 Å². The van der Waals surface area contributed by atoms with Gasteiger partial charge in [0.15, 0.2) is 0 Å². The van der Waals surface area contributed by atoms with Gasteiger partial charge in [0.25, 0.3) is 0 Å². The number of nitrogens with one attached hydrogen (secondary N) is 1. The molecule has 1 aromatic heterocycles. The molecule has 0 saturated heterocycles. The first kappa shape index (κ1) is 14.0. The molecule has 0 fully saturated rings. The molecule has 1 N–H and O–H groups in total. The standard InChI is InChI=1S/C14H17FN2OS/c1-2-3-16-7-11-4-12(15)6-13(5-11)18-9-14-8-17-10-19-14/h4-6,8,10,16H,2-3,7,9H2,1H3. The van der Waals surface area contributed by atoms with Crippen molar-refractivity contribution < 1.29 is 9.13 Å². The van der Waals surface area contributed by atoms with E-state index in [0.717, 1.165) is 23.4 Å². The Hall–Kier alpha value is -1.46. The van der Waals surface area contributed by atoms with Crippen LogP contribution in [0.2, 0.25) is 0 Å². The van der Waals surface area contributed by atoms with Gasteiger partial charge in [-0.25, -0.2) is 4.39 Å². The van der Waals surface area contributed by atoms with E-state index in [9.17, 15) is 4.39 Å². The summed E-state index contributed by atoms with van der Waals surface area (Å²) < 4.78 is 19.1. The van der Waals surface area contributed by atoms with E-state index in [-0.39, 0.29) is 5.82 Å². The normalized spacial score (nSPS) is 10.6. The van der Waals surface area contributed by atoms with Gasteiger partial charge >= 0.3 is 0 Å². The Balaban J connectivity index is 1.95. The molecule has 2 aromatic rings. The highest BCUT2D eigenvalue weighted by molar-refractivity contribution is 7.09. The second-order valence-corrected chi connectivity index (χ2v) is 5.20. The molecule has 0 bridgehead atoms. The number of thiazole rings is 1. The summed E-state index contributed by atoms with van der Waals surface area (Å²) in [6.07, 6.45) is 2.82. The number of aromatic nitrogens is 1. The van der Waals surface area contributed by atoms with E-state index >= 15 is 0 Å². The lowest BCUT2D eigenvalue weighted by molar-refractivity contribution is 0.307. The van der Waals surface area contributed by atoms with Gasteiger partial charge in [0.1, 0.15) is 18.2 Å². The number of rotatable bonds is 7. The number of hydrogen-bond acceptors (Lipinski definition) is 4. The van der Waals surface area contributed by atoms with Gasteiger partial charge in [-0.2, -0.15) is 0 Å². The van der Waals surface area contributed by atoms with Crippen molar-refractivity contribution in [3.8, 4) is 5.75 Å². The van der Waals surface area contributed by atoms with Gasteiger partial charge < -0.3 is 10.1 Å². The summed E-state index contributed by atoms with van der Waals surface area (Å²) in [4.78, 5) is 5.00.